The molecule has 0 aliphatic carbocycles. The van der Waals surface area contributed by atoms with E-state index in [0.29, 0.717) is 0 Å². The van der Waals surface area contributed by atoms with Gasteiger partial charge in [0.25, 0.3) is 0 Å². The number of hydrogen-bond donors (Lipinski definition) is 2. The molecule has 0 aromatic carbocycles. The van der Waals surface area contributed by atoms with Crippen LogP contribution in [0.15, 0.2) is 4.99 Å². The molecule has 0 unspecified atom stereocenters. The molecule has 1 aromatic heterocycles. The highest BCUT2D eigenvalue weighted by Gasteiger charge is 2.14. The van der Waals surface area contributed by atoms with Crippen molar-refractivity contribution in [3.8, 4) is 0 Å². The number of hydrogen-bond acceptors (Lipinski definition) is 4. The molecular formula is C19H36IN5S. The average Bonchev–Trinajstić information content (AvgIpc) is 2.92. The van der Waals surface area contributed by atoms with Crippen molar-refractivity contribution in [3.05, 3.63) is 15.6 Å². The van der Waals surface area contributed by atoms with Crippen molar-refractivity contribution in [1.29, 1.82) is 0 Å². The zero-order valence-electron chi connectivity index (χ0n) is 16.8. The Hall–Kier alpha value is -0.410. The number of aliphatic imine (C=N–C) groups is 1. The average molecular weight is 494 g/mol. The third-order valence-corrected chi connectivity index (χ3v) is 6.13. The summed E-state index contributed by atoms with van der Waals surface area (Å²) < 4.78 is 0. The lowest BCUT2D eigenvalue weighted by Gasteiger charge is -2.30. The molecule has 1 saturated heterocycles. The molecule has 1 fully saturated rings. The summed E-state index contributed by atoms with van der Waals surface area (Å²) in [7, 11) is 1.84. The quantitative estimate of drug-likeness (QED) is 0.252. The predicted molar refractivity (Wildman–Crippen MR) is 124 cm³/mol. The summed E-state index contributed by atoms with van der Waals surface area (Å²) >= 11 is 1.80. The van der Waals surface area contributed by atoms with E-state index in [-0.39, 0.29) is 24.0 Å². The second kappa shape index (κ2) is 12.9. The van der Waals surface area contributed by atoms with Gasteiger partial charge in [-0.05, 0) is 65.1 Å². The molecule has 1 aromatic rings. The molecule has 2 heterocycles. The Balaban J connectivity index is 0.00000338. The maximum Gasteiger partial charge on any atom is 0.190 e. The van der Waals surface area contributed by atoms with Gasteiger partial charge in [-0.25, -0.2) is 4.98 Å². The predicted octanol–water partition coefficient (Wildman–Crippen LogP) is 3.60. The van der Waals surface area contributed by atoms with Gasteiger partial charge in [0.15, 0.2) is 5.96 Å². The summed E-state index contributed by atoms with van der Waals surface area (Å²) in [4.78, 5) is 12.8. The number of unbranched alkanes of at least 4 members (excludes halogenated alkanes) is 1. The van der Waals surface area contributed by atoms with Crippen LogP contribution in [-0.2, 0) is 6.42 Å². The molecule has 0 atom stereocenters. The molecule has 26 heavy (non-hydrogen) atoms. The van der Waals surface area contributed by atoms with Crippen molar-refractivity contribution in [1.82, 2.24) is 20.5 Å². The molecule has 2 N–H and O–H groups in total. The number of aromatic nitrogens is 1. The van der Waals surface area contributed by atoms with Crippen LogP contribution in [0.4, 0.5) is 0 Å². The van der Waals surface area contributed by atoms with Crippen molar-refractivity contribution in [2.24, 2.45) is 10.9 Å². The summed E-state index contributed by atoms with van der Waals surface area (Å²) in [5.74, 6) is 1.82. The highest BCUT2D eigenvalue weighted by molar-refractivity contribution is 14.0. The highest BCUT2D eigenvalue weighted by atomic mass is 127. The van der Waals surface area contributed by atoms with E-state index in [1.165, 1.54) is 55.2 Å². The van der Waals surface area contributed by atoms with Crippen LogP contribution in [0.2, 0.25) is 0 Å². The lowest BCUT2D eigenvalue weighted by molar-refractivity contribution is 0.189. The Morgan fingerprint density at radius 1 is 1.19 bits per heavy atom. The van der Waals surface area contributed by atoms with E-state index in [1.807, 2.05) is 7.05 Å². The molecule has 2 rings (SSSR count). The van der Waals surface area contributed by atoms with Gasteiger partial charge in [0.2, 0.25) is 0 Å². The summed E-state index contributed by atoms with van der Waals surface area (Å²) in [6.45, 7) is 12.3. The summed E-state index contributed by atoms with van der Waals surface area (Å²) in [5.41, 5.74) is 1.16. The molecule has 0 saturated carbocycles. The fraction of sp³-hybridized carbons (Fsp3) is 0.789. The lowest BCUT2D eigenvalue weighted by atomic mass is 9.99. The van der Waals surface area contributed by atoms with E-state index in [1.54, 1.807) is 11.3 Å². The van der Waals surface area contributed by atoms with E-state index in [2.05, 4.69) is 46.3 Å². The van der Waals surface area contributed by atoms with E-state index in [4.69, 9.17) is 0 Å². The lowest BCUT2D eigenvalue weighted by Crippen LogP contribution is -2.39. The first kappa shape index (κ1) is 23.6. The molecule has 1 aliphatic rings. The highest BCUT2D eigenvalue weighted by Crippen LogP contribution is 2.17. The number of halogens is 1. The van der Waals surface area contributed by atoms with Crippen LogP contribution in [0.1, 0.15) is 48.2 Å². The molecule has 1 aliphatic heterocycles. The monoisotopic (exact) mass is 493 g/mol. The number of aryl methyl sites for hydroxylation is 2. The summed E-state index contributed by atoms with van der Waals surface area (Å²) in [5, 5.41) is 8.01. The van der Waals surface area contributed by atoms with Gasteiger partial charge in [0.1, 0.15) is 0 Å². The van der Waals surface area contributed by atoms with Crippen LogP contribution in [0.3, 0.4) is 0 Å². The first-order valence-corrected chi connectivity index (χ1v) is 10.5. The van der Waals surface area contributed by atoms with Crippen molar-refractivity contribution in [2.75, 3.05) is 39.8 Å². The van der Waals surface area contributed by atoms with E-state index >= 15 is 0 Å². The third kappa shape index (κ3) is 8.52. The number of nitrogens with one attached hydrogen (secondary N) is 2. The summed E-state index contributed by atoms with van der Waals surface area (Å²) in [6.07, 6.45) is 6.14. The maximum atomic E-state index is 4.58. The SMILES string of the molecule is CN=C(NCCCCN1CCC(C)CC1)NCCc1nc(C)c(C)s1.I. The molecule has 7 heteroatoms. The Bertz CT molecular complexity index is 519. The van der Waals surface area contributed by atoms with Crippen LogP contribution < -0.4 is 10.6 Å². The van der Waals surface area contributed by atoms with Gasteiger partial charge >= 0.3 is 0 Å². The van der Waals surface area contributed by atoms with Crippen molar-refractivity contribution >= 4 is 41.3 Å². The maximum absolute atomic E-state index is 4.58. The number of rotatable bonds is 8. The van der Waals surface area contributed by atoms with Crippen molar-refractivity contribution < 1.29 is 0 Å². The van der Waals surface area contributed by atoms with Gasteiger partial charge in [0.05, 0.1) is 10.7 Å². The number of piperidine rings is 1. The van der Waals surface area contributed by atoms with E-state index in [0.717, 1.165) is 37.1 Å². The second-order valence-corrected chi connectivity index (χ2v) is 8.44. The van der Waals surface area contributed by atoms with Crippen LogP contribution in [0.5, 0.6) is 0 Å². The number of nitrogens with zero attached hydrogens (tertiary/aromatic N) is 3. The van der Waals surface area contributed by atoms with Crippen LogP contribution in [0.25, 0.3) is 0 Å². The second-order valence-electron chi connectivity index (χ2n) is 7.16. The topological polar surface area (TPSA) is 52.6 Å². The van der Waals surface area contributed by atoms with Gasteiger partial charge in [-0.2, -0.15) is 0 Å². The van der Waals surface area contributed by atoms with Gasteiger partial charge in [-0.1, -0.05) is 6.92 Å². The number of thiazole rings is 1. The molecular weight excluding hydrogens is 457 g/mol. The van der Waals surface area contributed by atoms with Crippen LogP contribution >= 0.6 is 35.3 Å². The largest absolute Gasteiger partial charge is 0.356 e. The molecule has 0 amide bonds. The number of guanidine groups is 1. The van der Waals surface area contributed by atoms with Crippen molar-refractivity contribution in [3.63, 3.8) is 0 Å². The van der Waals surface area contributed by atoms with E-state index < -0.39 is 0 Å². The zero-order chi connectivity index (χ0) is 18.1. The van der Waals surface area contributed by atoms with Gasteiger partial charge in [-0.3, -0.25) is 4.99 Å². The van der Waals surface area contributed by atoms with Gasteiger partial charge in [0, 0.05) is 31.4 Å². The summed E-state index contributed by atoms with van der Waals surface area (Å²) in [6, 6.07) is 0. The first-order valence-electron chi connectivity index (χ1n) is 9.68. The minimum Gasteiger partial charge on any atom is -0.356 e. The Morgan fingerprint density at radius 2 is 1.88 bits per heavy atom. The molecule has 0 bridgehead atoms. The van der Waals surface area contributed by atoms with Crippen molar-refractivity contribution in [2.45, 2.75) is 52.9 Å². The molecule has 5 nitrogen and oxygen atoms in total. The normalized spacial score (nSPS) is 16.4. The zero-order valence-corrected chi connectivity index (χ0v) is 20.0. The van der Waals surface area contributed by atoms with Gasteiger partial charge in [-0.15, -0.1) is 35.3 Å². The minimum atomic E-state index is 0. The van der Waals surface area contributed by atoms with Gasteiger partial charge < -0.3 is 15.5 Å². The molecule has 150 valence electrons. The first-order chi connectivity index (χ1) is 12.1. The Kier molecular flexibility index (Phi) is 11.7. The third-order valence-electron chi connectivity index (χ3n) is 5.00. The molecule has 0 spiro atoms. The fourth-order valence-corrected chi connectivity index (χ4v) is 4.04. The fourth-order valence-electron chi connectivity index (χ4n) is 3.11. The van der Waals surface area contributed by atoms with Crippen LogP contribution in [0, 0.1) is 19.8 Å². The molecule has 0 radical (unpaired) electrons. The smallest absolute Gasteiger partial charge is 0.190 e. The number of likely N-dealkylation sites (tertiary alicyclic amines) is 1. The van der Waals surface area contributed by atoms with Crippen LogP contribution in [-0.4, -0.2) is 55.6 Å². The Labute approximate surface area is 180 Å². The Morgan fingerprint density at radius 3 is 2.50 bits per heavy atom. The van der Waals surface area contributed by atoms with E-state index in [9.17, 15) is 0 Å². The standard InChI is InChI=1S/C19H35N5S.HI/c1-15-8-13-24(14-9-15)12-6-5-10-21-19(20-4)22-11-7-18-23-16(2)17(3)25-18;/h15H,5-14H2,1-4H3,(H2,20,21,22);1H. The minimum absolute atomic E-state index is 0.